The number of carboxylic acids is 1. The number of pyridine rings is 1. The normalized spacial score (nSPS) is 17.9. The number of aromatic nitrogens is 2. The zero-order chi connectivity index (χ0) is 24.4. The maximum Gasteiger partial charge on any atom is 0.335 e. The van der Waals surface area contributed by atoms with Crippen LogP contribution in [0.25, 0.3) is 5.69 Å². The summed E-state index contributed by atoms with van der Waals surface area (Å²) < 4.78 is 2.12. The fourth-order valence-corrected chi connectivity index (χ4v) is 5.14. The van der Waals surface area contributed by atoms with Crippen LogP contribution in [-0.4, -0.2) is 62.7 Å². The third kappa shape index (κ3) is 4.69. The van der Waals surface area contributed by atoms with Crippen LogP contribution in [0.4, 0.5) is 0 Å². The second kappa shape index (κ2) is 9.95. The van der Waals surface area contributed by atoms with Gasteiger partial charge in [0.2, 0.25) is 0 Å². The number of benzene rings is 1. The van der Waals surface area contributed by atoms with Gasteiger partial charge in [0.15, 0.2) is 5.11 Å². The third-order valence-electron chi connectivity index (χ3n) is 6.34. The lowest BCUT2D eigenvalue weighted by Crippen LogP contribution is -2.32. The zero-order valence-electron chi connectivity index (χ0n) is 20.0. The molecule has 3 aromatic rings. The summed E-state index contributed by atoms with van der Waals surface area (Å²) in [6.07, 6.45) is 2.80. The minimum absolute atomic E-state index is 0.0211. The smallest absolute Gasteiger partial charge is 0.335 e. The number of carboxylic acid groups (broad SMARTS) is 1. The molecule has 3 heterocycles. The highest BCUT2D eigenvalue weighted by Gasteiger charge is 2.41. The Balaban J connectivity index is 1.78. The number of thiocarbonyl (C=S) groups is 1. The van der Waals surface area contributed by atoms with Crippen LogP contribution in [0.3, 0.4) is 0 Å². The first-order chi connectivity index (χ1) is 16.3. The van der Waals surface area contributed by atoms with Crippen LogP contribution in [0.2, 0.25) is 0 Å². The van der Waals surface area contributed by atoms with Crippen LogP contribution in [0.5, 0.6) is 0 Å². The fraction of sp³-hybridized carbons (Fsp3) is 0.346. The predicted molar refractivity (Wildman–Crippen MR) is 138 cm³/mol. The molecular formula is C26H31N5O2S. The van der Waals surface area contributed by atoms with E-state index >= 15 is 0 Å². The van der Waals surface area contributed by atoms with Gasteiger partial charge in [-0.05, 0) is 95.1 Å². The summed E-state index contributed by atoms with van der Waals surface area (Å²) in [4.78, 5) is 20.6. The Labute approximate surface area is 206 Å². The van der Waals surface area contributed by atoms with Gasteiger partial charge in [0, 0.05) is 29.8 Å². The van der Waals surface area contributed by atoms with Crippen molar-refractivity contribution in [3.8, 4) is 5.69 Å². The molecular weight excluding hydrogens is 446 g/mol. The molecule has 2 N–H and O–H groups in total. The highest BCUT2D eigenvalue weighted by molar-refractivity contribution is 7.80. The molecule has 2 atom stereocenters. The Bertz CT molecular complexity index is 1190. The molecule has 0 saturated carbocycles. The number of nitrogens with one attached hydrogen (secondary N) is 1. The van der Waals surface area contributed by atoms with E-state index in [9.17, 15) is 9.90 Å². The topological polar surface area (TPSA) is 73.6 Å². The first-order valence-corrected chi connectivity index (χ1v) is 11.8. The summed E-state index contributed by atoms with van der Waals surface area (Å²) in [5, 5.41) is 13.7. The number of carbonyl (C=O) groups is 1. The second-order valence-electron chi connectivity index (χ2n) is 8.99. The summed E-state index contributed by atoms with van der Waals surface area (Å²) >= 11 is 5.80. The average molecular weight is 478 g/mol. The maximum atomic E-state index is 11.5. The first-order valence-electron chi connectivity index (χ1n) is 11.4. The second-order valence-corrected chi connectivity index (χ2v) is 9.38. The fourth-order valence-electron chi connectivity index (χ4n) is 4.80. The number of nitrogens with zero attached hydrogens (tertiary/aromatic N) is 4. The van der Waals surface area contributed by atoms with Crippen molar-refractivity contribution in [3.63, 3.8) is 0 Å². The average Bonchev–Trinajstić information content (AvgIpc) is 3.29. The van der Waals surface area contributed by atoms with E-state index in [1.165, 1.54) is 0 Å². The van der Waals surface area contributed by atoms with Crippen LogP contribution >= 0.6 is 12.2 Å². The van der Waals surface area contributed by atoms with Crippen molar-refractivity contribution < 1.29 is 9.90 Å². The van der Waals surface area contributed by atoms with Crippen LogP contribution in [0, 0.1) is 13.8 Å². The van der Waals surface area contributed by atoms with Crippen molar-refractivity contribution >= 4 is 23.3 Å². The van der Waals surface area contributed by atoms with Crippen molar-refractivity contribution in [1.82, 2.24) is 24.7 Å². The Morgan fingerprint density at radius 2 is 1.97 bits per heavy atom. The van der Waals surface area contributed by atoms with Crippen molar-refractivity contribution in [2.24, 2.45) is 0 Å². The largest absolute Gasteiger partial charge is 0.478 e. The Morgan fingerprint density at radius 3 is 2.65 bits per heavy atom. The summed E-state index contributed by atoms with van der Waals surface area (Å²) in [6.45, 7) is 5.94. The minimum Gasteiger partial charge on any atom is -0.478 e. The number of aromatic carboxylic acids is 1. The highest BCUT2D eigenvalue weighted by Crippen LogP contribution is 2.41. The van der Waals surface area contributed by atoms with Crippen LogP contribution < -0.4 is 5.32 Å². The molecule has 0 spiro atoms. The molecule has 1 aliphatic heterocycles. The van der Waals surface area contributed by atoms with E-state index in [1.807, 2.05) is 30.5 Å². The number of hydrogen-bond acceptors (Lipinski definition) is 4. The van der Waals surface area contributed by atoms with Gasteiger partial charge in [0.1, 0.15) is 0 Å². The van der Waals surface area contributed by atoms with Gasteiger partial charge < -0.3 is 24.8 Å². The molecule has 0 unspecified atom stereocenters. The van der Waals surface area contributed by atoms with Gasteiger partial charge >= 0.3 is 5.97 Å². The van der Waals surface area contributed by atoms with Gasteiger partial charge in [-0.2, -0.15) is 0 Å². The van der Waals surface area contributed by atoms with Crippen LogP contribution in [0.15, 0.2) is 54.7 Å². The summed E-state index contributed by atoms with van der Waals surface area (Å²) in [6, 6.07) is 15.1. The molecule has 1 aliphatic rings. The van der Waals surface area contributed by atoms with Crippen LogP contribution in [-0.2, 0) is 0 Å². The highest BCUT2D eigenvalue weighted by atomic mass is 32.1. The SMILES string of the molecule is Cc1cc([C@H]2[C@@H](c3ccccn3)NC(=S)N2CCCN(C)C)c(C)n1-c1cccc(C(=O)O)c1. The molecule has 0 radical (unpaired) electrons. The van der Waals surface area contributed by atoms with Gasteiger partial charge in [-0.1, -0.05) is 12.1 Å². The lowest BCUT2D eigenvalue weighted by molar-refractivity contribution is 0.0697. The molecule has 178 valence electrons. The van der Waals surface area contributed by atoms with E-state index in [4.69, 9.17) is 12.2 Å². The molecule has 4 rings (SSSR count). The third-order valence-corrected chi connectivity index (χ3v) is 6.69. The lowest BCUT2D eigenvalue weighted by Gasteiger charge is -2.28. The van der Waals surface area contributed by atoms with Crippen molar-refractivity contribution in [2.75, 3.05) is 27.2 Å². The molecule has 0 amide bonds. The number of hydrogen-bond donors (Lipinski definition) is 2. The van der Waals surface area contributed by atoms with E-state index in [0.29, 0.717) is 0 Å². The molecule has 1 aromatic carbocycles. The van der Waals surface area contributed by atoms with Crippen molar-refractivity contribution in [3.05, 3.63) is 82.9 Å². The summed E-state index contributed by atoms with van der Waals surface area (Å²) in [7, 11) is 4.15. The standard InChI is InChI=1S/C26H31N5O2S/c1-17-15-21(18(2)31(17)20-10-7-9-19(16-20)25(32)33)24-23(22-11-5-6-12-27-22)28-26(34)30(24)14-8-13-29(3)4/h5-7,9-12,15-16,23-24H,8,13-14H2,1-4H3,(H,28,34)(H,32,33)/t23-,24+/m1/s1. The minimum atomic E-state index is -0.933. The monoisotopic (exact) mass is 477 g/mol. The van der Waals surface area contributed by atoms with Gasteiger partial charge in [-0.15, -0.1) is 0 Å². The van der Waals surface area contributed by atoms with Gasteiger partial charge in [-0.3, -0.25) is 4.98 Å². The molecule has 0 bridgehead atoms. The van der Waals surface area contributed by atoms with E-state index in [1.54, 1.807) is 18.2 Å². The Hall–Kier alpha value is -3.23. The van der Waals surface area contributed by atoms with Crippen molar-refractivity contribution in [2.45, 2.75) is 32.4 Å². The van der Waals surface area contributed by atoms with E-state index in [2.05, 4.69) is 58.7 Å². The van der Waals surface area contributed by atoms with Gasteiger partial charge in [0.25, 0.3) is 0 Å². The molecule has 8 heteroatoms. The van der Waals surface area contributed by atoms with Gasteiger partial charge in [0.05, 0.1) is 23.3 Å². The lowest BCUT2D eigenvalue weighted by atomic mass is 9.96. The van der Waals surface area contributed by atoms with E-state index < -0.39 is 5.97 Å². The van der Waals surface area contributed by atoms with E-state index in [0.717, 1.165) is 53.0 Å². The van der Waals surface area contributed by atoms with Gasteiger partial charge in [-0.25, -0.2) is 4.79 Å². The quantitative estimate of drug-likeness (QED) is 0.473. The van der Waals surface area contributed by atoms with Crippen LogP contribution in [0.1, 0.15) is 51.5 Å². The molecule has 0 aliphatic carbocycles. The van der Waals surface area contributed by atoms with Crippen molar-refractivity contribution in [1.29, 1.82) is 0 Å². The Kier molecular flexibility index (Phi) is 7.00. The summed E-state index contributed by atoms with van der Waals surface area (Å²) in [5.41, 5.74) is 5.32. The molecule has 7 nitrogen and oxygen atoms in total. The molecule has 34 heavy (non-hydrogen) atoms. The zero-order valence-corrected chi connectivity index (χ0v) is 20.8. The molecule has 2 aromatic heterocycles. The summed E-state index contributed by atoms with van der Waals surface area (Å²) in [5.74, 6) is -0.933. The number of aryl methyl sites for hydroxylation is 1. The van der Waals surface area contributed by atoms with E-state index in [-0.39, 0.29) is 17.6 Å². The first kappa shape index (κ1) is 23.9. The number of rotatable bonds is 8. The molecule has 1 fully saturated rings. The predicted octanol–water partition coefficient (Wildman–Crippen LogP) is 4.11. The Morgan fingerprint density at radius 1 is 1.18 bits per heavy atom. The maximum absolute atomic E-state index is 11.5. The molecule has 1 saturated heterocycles.